The van der Waals surface area contributed by atoms with Crippen LogP contribution in [0.3, 0.4) is 0 Å². The van der Waals surface area contributed by atoms with Crippen LogP contribution in [0.4, 0.5) is 0 Å². The van der Waals surface area contributed by atoms with Crippen molar-refractivity contribution in [3.8, 4) is 0 Å². The zero-order chi connectivity index (χ0) is 17.8. The largest absolute Gasteiger partial charge is 0.395 e. The van der Waals surface area contributed by atoms with Gasteiger partial charge in [0.25, 0.3) is 5.97 Å². The molecule has 0 fully saturated rings. The van der Waals surface area contributed by atoms with Crippen LogP contribution < -0.4 is 11.5 Å². The van der Waals surface area contributed by atoms with Gasteiger partial charge in [0.05, 0.1) is 0 Å². The first-order valence-electron chi connectivity index (χ1n) is 8.95. The third-order valence-corrected chi connectivity index (χ3v) is 6.66. The molecule has 0 bridgehead atoms. The van der Waals surface area contributed by atoms with Crippen molar-refractivity contribution in [2.24, 2.45) is 17.4 Å². The van der Waals surface area contributed by atoms with Crippen LogP contribution in [0, 0.1) is 5.92 Å². The zero-order valence-corrected chi connectivity index (χ0v) is 16.7. The van der Waals surface area contributed by atoms with Crippen molar-refractivity contribution < 1.29 is 18.3 Å². The van der Waals surface area contributed by atoms with Crippen LogP contribution in [0.2, 0.25) is 12.6 Å². The van der Waals surface area contributed by atoms with Crippen LogP contribution in [-0.2, 0) is 18.3 Å². The van der Waals surface area contributed by atoms with Crippen molar-refractivity contribution >= 4 is 8.56 Å². The van der Waals surface area contributed by atoms with E-state index < -0.39 is 14.5 Å². The average molecular weight is 351 g/mol. The monoisotopic (exact) mass is 350 g/mol. The van der Waals surface area contributed by atoms with Gasteiger partial charge in [-0.25, -0.2) is 0 Å². The molecule has 0 aromatic heterocycles. The first kappa shape index (κ1) is 23.0. The molecule has 0 aromatic rings. The molecule has 0 aromatic carbocycles. The van der Waals surface area contributed by atoms with Crippen molar-refractivity contribution in [2.75, 3.05) is 32.9 Å². The van der Waals surface area contributed by atoms with Gasteiger partial charge in [-0.05, 0) is 65.7 Å². The van der Waals surface area contributed by atoms with Gasteiger partial charge in [0.15, 0.2) is 0 Å². The van der Waals surface area contributed by atoms with Crippen molar-refractivity contribution in [1.82, 2.24) is 0 Å². The predicted octanol–water partition coefficient (Wildman–Crippen LogP) is 2.56. The molecule has 2 atom stereocenters. The van der Waals surface area contributed by atoms with Crippen LogP contribution in [0.1, 0.15) is 47.0 Å². The molecule has 0 saturated carbocycles. The third-order valence-electron chi connectivity index (χ3n) is 3.78. The first-order valence-corrected chi connectivity index (χ1v) is 11.5. The van der Waals surface area contributed by atoms with Crippen LogP contribution in [-0.4, -0.2) is 47.4 Å². The lowest BCUT2D eigenvalue weighted by Crippen LogP contribution is -2.55. The molecule has 0 radical (unpaired) electrons. The molecule has 0 amide bonds. The van der Waals surface area contributed by atoms with E-state index in [-0.39, 0.29) is 5.92 Å². The summed E-state index contributed by atoms with van der Waals surface area (Å²) in [6.07, 6.45) is 2.65. The third kappa shape index (κ3) is 8.06. The molecular formula is C16H38N2O4Si. The molecule has 7 heteroatoms. The van der Waals surface area contributed by atoms with Gasteiger partial charge in [-0.1, -0.05) is 6.92 Å². The Labute approximate surface area is 143 Å². The molecule has 6 nitrogen and oxygen atoms in total. The number of hydrogen-bond acceptors (Lipinski definition) is 6. The molecule has 23 heavy (non-hydrogen) atoms. The second kappa shape index (κ2) is 12.4. The van der Waals surface area contributed by atoms with Gasteiger partial charge in [0.2, 0.25) is 0 Å². The van der Waals surface area contributed by atoms with Gasteiger partial charge >= 0.3 is 8.56 Å². The maximum absolute atomic E-state index is 6.48. The smallest absolute Gasteiger partial charge is 0.339 e. The van der Waals surface area contributed by atoms with Crippen LogP contribution >= 0.6 is 0 Å². The Bertz CT molecular complexity index is 291. The lowest BCUT2D eigenvalue weighted by molar-refractivity contribution is -0.375. The summed E-state index contributed by atoms with van der Waals surface area (Å²) in [6.45, 7) is 12.9. The number of rotatable bonds is 15. The molecule has 2 unspecified atom stereocenters. The van der Waals surface area contributed by atoms with E-state index in [0.29, 0.717) is 32.9 Å². The molecule has 140 valence electrons. The van der Waals surface area contributed by atoms with E-state index in [4.69, 9.17) is 29.8 Å². The normalized spacial score (nSPS) is 16.3. The molecule has 0 aliphatic heterocycles. The highest BCUT2D eigenvalue weighted by atomic mass is 28.4. The van der Waals surface area contributed by atoms with Crippen molar-refractivity contribution in [1.29, 1.82) is 0 Å². The van der Waals surface area contributed by atoms with Crippen LogP contribution in [0.25, 0.3) is 0 Å². The van der Waals surface area contributed by atoms with E-state index in [1.54, 1.807) is 0 Å². The summed E-state index contributed by atoms with van der Waals surface area (Å²) in [7, 11) is -2.44. The van der Waals surface area contributed by atoms with Gasteiger partial charge in [0, 0.05) is 25.7 Å². The van der Waals surface area contributed by atoms with Gasteiger partial charge in [-0.15, -0.1) is 0 Å². The van der Waals surface area contributed by atoms with E-state index in [0.717, 1.165) is 25.3 Å². The number of hydrogen-bond donors (Lipinski definition) is 2. The summed E-state index contributed by atoms with van der Waals surface area (Å²) < 4.78 is 24.5. The summed E-state index contributed by atoms with van der Waals surface area (Å²) >= 11 is 0. The maximum Gasteiger partial charge on any atom is 0.339 e. The summed E-state index contributed by atoms with van der Waals surface area (Å²) in [5.41, 5.74) is 11.3. The Morgan fingerprint density at radius 3 is 1.96 bits per heavy atom. The van der Waals surface area contributed by atoms with E-state index in [1.807, 2.05) is 20.8 Å². The predicted molar refractivity (Wildman–Crippen MR) is 96.2 cm³/mol. The summed E-state index contributed by atoms with van der Waals surface area (Å²) in [5, 5.41) is 0. The quantitative estimate of drug-likeness (QED) is 0.348. The Morgan fingerprint density at radius 2 is 1.52 bits per heavy atom. The van der Waals surface area contributed by atoms with E-state index in [9.17, 15) is 0 Å². The van der Waals surface area contributed by atoms with E-state index in [2.05, 4.69) is 13.5 Å². The highest BCUT2D eigenvalue weighted by Crippen LogP contribution is 2.34. The number of nitrogens with two attached hydrogens (primary N) is 2. The SMILES string of the molecule is CCOC(OCC)(O[Si](C)(CCCN)OCC)C(C)CCCN. The molecule has 0 rings (SSSR count). The van der Waals surface area contributed by atoms with Gasteiger partial charge in [-0.2, -0.15) is 0 Å². The molecule has 0 aliphatic rings. The van der Waals surface area contributed by atoms with Crippen molar-refractivity contribution in [3.05, 3.63) is 0 Å². The van der Waals surface area contributed by atoms with E-state index >= 15 is 0 Å². The molecule has 0 spiro atoms. The fourth-order valence-electron chi connectivity index (χ4n) is 2.67. The fourth-order valence-corrected chi connectivity index (χ4v) is 5.35. The molecule has 4 N–H and O–H groups in total. The number of ether oxygens (including phenoxy) is 2. The summed E-state index contributed by atoms with van der Waals surface area (Å²) in [5.74, 6) is -1.00. The highest BCUT2D eigenvalue weighted by molar-refractivity contribution is 6.66. The molecule has 0 saturated heterocycles. The lowest BCUT2D eigenvalue weighted by atomic mass is 10.0. The van der Waals surface area contributed by atoms with Crippen LogP contribution in [0.15, 0.2) is 0 Å². The van der Waals surface area contributed by atoms with Crippen molar-refractivity contribution in [3.63, 3.8) is 0 Å². The average Bonchev–Trinajstić information content (AvgIpc) is 2.51. The second-order valence-corrected chi connectivity index (χ2v) is 9.12. The van der Waals surface area contributed by atoms with Gasteiger partial charge < -0.3 is 29.8 Å². The minimum atomic E-state index is -2.44. The topological polar surface area (TPSA) is 89.0 Å². The van der Waals surface area contributed by atoms with Crippen molar-refractivity contribution in [2.45, 2.75) is 65.5 Å². The second-order valence-electron chi connectivity index (χ2n) is 5.86. The minimum Gasteiger partial charge on any atom is -0.395 e. The minimum absolute atomic E-state index is 0.0658. The molecule has 0 aliphatic carbocycles. The van der Waals surface area contributed by atoms with Crippen LogP contribution in [0.5, 0.6) is 0 Å². The lowest BCUT2D eigenvalue weighted by Gasteiger charge is -2.43. The fraction of sp³-hybridized carbons (Fsp3) is 1.00. The summed E-state index contributed by atoms with van der Waals surface area (Å²) in [4.78, 5) is 0. The van der Waals surface area contributed by atoms with Gasteiger partial charge in [-0.3, -0.25) is 0 Å². The Morgan fingerprint density at radius 1 is 0.957 bits per heavy atom. The van der Waals surface area contributed by atoms with E-state index in [1.165, 1.54) is 0 Å². The zero-order valence-electron chi connectivity index (χ0n) is 15.7. The standard InChI is InChI=1S/C16H38N2O4Si/c1-6-19-16(20-7-2,15(4)11-9-12-17)22-23(5,21-8-3)14-10-13-18/h15H,6-14,17-18H2,1-5H3. The maximum atomic E-state index is 6.48. The Balaban J connectivity index is 5.33. The first-order chi connectivity index (χ1) is 10.9. The Hall–Kier alpha value is -0.0231. The Kier molecular flexibility index (Phi) is 12.3. The summed E-state index contributed by atoms with van der Waals surface area (Å²) in [6, 6.07) is 0.822. The molecule has 0 heterocycles. The highest BCUT2D eigenvalue weighted by Gasteiger charge is 2.47. The molecular weight excluding hydrogens is 312 g/mol. The van der Waals surface area contributed by atoms with Gasteiger partial charge in [0.1, 0.15) is 0 Å².